The monoisotopic (exact) mass is 379 g/mol. The van der Waals surface area contributed by atoms with Crippen molar-refractivity contribution in [2.75, 3.05) is 5.75 Å². The van der Waals surface area contributed by atoms with Gasteiger partial charge in [-0.05, 0) is 44.0 Å². The third kappa shape index (κ3) is 4.36. The van der Waals surface area contributed by atoms with Gasteiger partial charge in [-0.25, -0.2) is 0 Å². The highest BCUT2D eigenvalue weighted by atomic mass is 32.2. The van der Waals surface area contributed by atoms with Gasteiger partial charge in [0, 0.05) is 17.9 Å². The van der Waals surface area contributed by atoms with E-state index in [1.807, 2.05) is 39.8 Å². The Morgan fingerprint density at radius 2 is 2.04 bits per heavy atom. The number of benzene rings is 1. The highest BCUT2D eigenvalue weighted by molar-refractivity contribution is 7.99. The van der Waals surface area contributed by atoms with E-state index in [0.29, 0.717) is 18.3 Å². The Kier molecular flexibility index (Phi) is 5.20. The standard InChI is InChI=1S/C20H21N5OS/c1-15-5-7-18(8-6-15)25-14-22-23-20(25)27-13-19(26)24(17-9-10-17)12-16-4-2-3-11-21-16/h2-8,11,14,17H,9-10,12-13H2,1H3. The van der Waals surface area contributed by atoms with Gasteiger partial charge >= 0.3 is 0 Å². The van der Waals surface area contributed by atoms with Gasteiger partial charge in [0.2, 0.25) is 5.91 Å². The van der Waals surface area contributed by atoms with Crippen LogP contribution in [-0.2, 0) is 11.3 Å². The molecule has 6 nitrogen and oxygen atoms in total. The number of amides is 1. The van der Waals surface area contributed by atoms with E-state index in [-0.39, 0.29) is 5.91 Å². The number of aromatic nitrogens is 4. The summed E-state index contributed by atoms with van der Waals surface area (Å²) < 4.78 is 1.91. The number of nitrogens with zero attached hydrogens (tertiary/aromatic N) is 5. The maximum atomic E-state index is 12.8. The minimum atomic E-state index is 0.117. The molecule has 1 aliphatic carbocycles. The number of pyridine rings is 1. The van der Waals surface area contributed by atoms with E-state index in [9.17, 15) is 4.79 Å². The summed E-state index contributed by atoms with van der Waals surface area (Å²) >= 11 is 1.42. The Hall–Kier alpha value is -2.67. The highest BCUT2D eigenvalue weighted by Crippen LogP contribution is 2.29. The van der Waals surface area contributed by atoms with Gasteiger partial charge in [0.1, 0.15) is 6.33 Å². The summed E-state index contributed by atoms with van der Waals surface area (Å²) in [5.74, 6) is 0.458. The summed E-state index contributed by atoms with van der Waals surface area (Å²) in [5, 5.41) is 8.92. The van der Waals surface area contributed by atoms with Crippen LogP contribution >= 0.6 is 11.8 Å². The molecule has 0 radical (unpaired) electrons. The van der Waals surface area contributed by atoms with Crippen LogP contribution in [0.1, 0.15) is 24.1 Å². The van der Waals surface area contributed by atoms with Crippen LogP contribution in [0.5, 0.6) is 0 Å². The minimum absolute atomic E-state index is 0.117. The fourth-order valence-electron chi connectivity index (χ4n) is 2.89. The van der Waals surface area contributed by atoms with E-state index in [4.69, 9.17) is 0 Å². The van der Waals surface area contributed by atoms with Crippen molar-refractivity contribution in [1.82, 2.24) is 24.6 Å². The molecule has 0 spiro atoms. The number of carbonyl (C=O) groups excluding carboxylic acids is 1. The molecule has 0 bridgehead atoms. The molecule has 1 aromatic carbocycles. The fraction of sp³-hybridized carbons (Fsp3) is 0.300. The largest absolute Gasteiger partial charge is 0.333 e. The molecule has 0 N–H and O–H groups in total. The lowest BCUT2D eigenvalue weighted by molar-refractivity contribution is -0.129. The Morgan fingerprint density at radius 1 is 1.22 bits per heavy atom. The van der Waals surface area contributed by atoms with Crippen molar-refractivity contribution in [2.24, 2.45) is 0 Å². The first kappa shape index (κ1) is 17.7. The Bertz CT molecular complexity index is 906. The molecule has 7 heteroatoms. The van der Waals surface area contributed by atoms with Crippen molar-refractivity contribution in [3.05, 3.63) is 66.2 Å². The van der Waals surface area contributed by atoms with E-state index in [2.05, 4.69) is 34.2 Å². The topological polar surface area (TPSA) is 63.9 Å². The molecule has 2 aromatic heterocycles. The van der Waals surface area contributed by atoms with E-state index >= 15 is 0 Å². The van der Waals surface area contributed by atoms with Crippen LogP contribution < -0.4 is 0 Å². The van der Waals surface area contributed by atoms with Crippen molar-refractivity contribution in [3.63, 3.8) is 0 Å². The van der Waals surface area contributed by atoms with Crippen LogP contribution in [0.15, 0.2) is 60.1 Å². The number of hydrogen-bond donors (Lipinski definition) is 0. The lowest BCUT2D eigenvalue weighted by atomic mass is 10.2. The van der Waals surface area contributed by atoms with Gasteiger partial charge in [0.15, 0.2) is 5.16 Å². The summed E-state index contributed by atoms with van der Waals surface area (Å²) in [6.07, 6.45) is 5.60. The number of thioether (sulfide) groups is 1. The van der Waals surface area contributed by atoms with Gasteiger partial charge < -0.3 is 4.90 Å². The van der Waals surface area contributed by atoms with E-state index in [1.54, 1.807) is 12.5 Å². The van der Waals surface area contributed by atoms with Crippen molar-refractivity contribution < 1.29 is 4.79 Å². The third-order valence-electron chi connectivity index (χ3n) is 4.52. The van der Waals surface area contributed by atoms with Gasteiger partial charge in [-0.3, -0.25) is 14.3 Å². The maximum absolute atomic E-state index is 12.8. The molecule has 27 heavy (non-hydrogen) atoms. The van der Waals surface area contributed by atoms with Crippen LogP contribution in [-0.4, -0.2) is 42.4 Å². The molecular weight excluding hydrogens is 358 g/mol. The van der Waals surface area contributed by atoms with Crippen LogP contribution in [0.25, 0.3) is 5.69 Å². The second kappa shape index (κ2) is 7.92. The highest BCUT2D eigenvalue weighted by Gasteiger charge is 2.32. The first-order valence-electron chi connectivity index (χ1n) is 9.00. The lowest BCUT2D eigenvalue weighted by Crippen LogP contribution is -2.34. The number of carbonyl (C=O) groups is 1. The molecular formula is C20H21N5OS. The number of hydrogen-bond acceptors (Lipinski definition) is 5. The zero-order valence-corrected chi connectivity index (χ0v) is 16.0. The van der Waals surface area contributed by atoms with Gasteiger partial charge in [-0.2, -0.15) is 0 Å². The summed E-state index contributed by atoms with van der Waals surface area (Å²) in [7, 11) is 0. The normalized spacial score (nSPS) is 13.5. The number of aryl methyl sites for hydroxylation is 1. The first-order chi connectivity index (χ1) is 13.2. The molecule has 4 rings (SSSR count). The molecule has 0 atom stereocenters. The fourth-order valence-corrected chi connectivity index (χ4v) is 3.70. The quantitative estimate of drug-likeness (QED) is 0.590. The second-order valence-electron chi connectivity index (χ2n) is 6.68. The zero-order valence-electron chi connectivity index (χ0n) is 15.2. The van der Waals surface area contributed by atoms with Crippen molar-refractivity contribution in [3.8, 4) is 5.69 Å². The minimum Gasteiger partial charge on any atom is -0.333 e. The second-order valence-corrected chi connectivity index (χ2v) is 7.62. The molecule has 0 aliphatic heterocycles. The summed E-state index contributed by atoms with van der Waals surface area (Å²) in [6, 6.07) is 14.3. The molecule has 1 fully saturated rings. The Balaban J connectivity index is 1.43. The Labute approximate surface area is 162 Å². The van der Waals surface area contributed by atoms with Crippen LogP contribution in [0.2, 0.25) is 0 Å². The van der Waals surface area contributed by atoms with Crippen LogP contribution in [0, 0.1) is 6.92 Å². The van der Waals surface area contributed by atoms with Crippen molar-refractivity contribution >= 4 is 17.7 Å². The van der Waals surface area contributed by atoms with E-state index < -0.39 is 0 Å². The van der Waals surface area contributed by atoms with Gasteiger partial charge in [0.05, 0.1) is 18.0 Å². The van der Waals surface area contributed by atoms with E-state index in [0.717, 1.165) is 29.4 Å². The van der Waals surface area contributed by atoms with E-state index in [1.165, 1.54) is 17.3 Å². The summed E-state index contributed by atoms with van der Waals surface area (Å²) in [6.45, 7) is 2.62. The average Bonchev–Trinajstić information content (AvgIpc) is 3.43. The molecule has 3 aromatic rings. The zero-order chi connectivity index (χ0) is 18.6. The molecule has 1 aliphatic rings. The van der Waals surface area contributed by atoms with Crippen molar-refractivity contribution in [2.45, 2.75) is 37.5 Å². The first-order valence-corrected chi connectivity index (χ1v) is 9.98. The van der Waals surface area contributed by atoms with Crippen LogP contribution in [0.4, 0.5) is 0 Å². The molecule has 0 unspecified atom stereocenters. The maximum Gasteiger partial charge on any atom is 0.233 e. The van der Waals surface area contributed by atoms with Gasteiger partial charge in [-0.15, -0.1) is 10.2 Å². The summed E-state index contributed by atoms with van der Waals surface area (Å²) in [4.78, 5) is 19.1. The van der Waals surface area contributed by atoms with Gasteiger partial charge in [0.25, 0.3) is 0 Å². The number of rotatable bonds is 7. The summed E-state index contributed by atoms with van der Waals surface area (Å²) in [5.41, 5.74) is 3.12. The average molecular weight is 379 g/mol. The van der Waals surface area contributed by atoms with Gasteiger partial charge in [-0.1, -0.05) is 35.5 Å². The SMILES string of the molecule is Cc1ccc(-n2cnnc2SCC(=O)N(Cc2ccccn2)C2CC2)cc1. The molecule has 1 saturated carbocycles. The third-order valence-corrected chi connectivity index (χ3v) is 5.45. The predicted molar refractivity (Wildman–Crippen MR) is 105 cm³/mol. The van der Waals surface area contributed by atoms with Crippen LogP contribution in [0.3, 0.4) is 0 Å². The molecule has 138 valence electrons. The molecule has 1 amide bonds. The smallest absolute Gasteiger partial charge is 0.233 e. The molecule has 0 saturated heterocycles. The van der Waals surface area contributed by atoms with Crippen molar-refractivity contribution in [1.29, 1.82) is 0 Å². The Morgan fingerprint density at radius 3 is 2.74 bits per heavy atom. The lowest BCUT2D eigenvalue weighted by Gasteiger charge is -2.21. The predicted octanol–water partition coefficient (Wildman–Crippen LogP) is 3.25. The molecule has 2 heterocycles.